The van der Waals surface area contributed by atoms with Gasteiger partial charge in [-0.1, -0.05) is 22.9 Å². The average Bonchev–Trinajstić information content (AvgIpc) is 2.95. The van der Waals surface area contributed by atoms with E-state index in [4.69, 9.17) is 4.74 Å². The highest BCUT2D eigenvalue weighted by Gasteiger charge is 2.32. The van der Waals surface area contributed by atoms with E-state index in [1.807, 2.05) is 25.1 Å². The molecule has 0 spiro atoms. The first-order valence-corrected chi connectivity index (χ1v) is 10.9. The molecule has 1 heterocycles. The van der Waals surface area contributed by atoms with Crippen LogP contribution in [0.2, 0.25) is 0 Å². The number of benzene rings is 2. The summed E-state index contributed by atoms with van der Waals surface area (Å²) in [7, 11) is -2.36. The van der Waals surface area contributed by atoms with Crippen LogP contribution in [-0.4, -0.2) is 34.0 Å². The summed E-state index contributed by atoms with van der Waals surface area (Å²) in [6, 6.07) is 10.3. The Kier molecular flexibility index (Phi) is 5.60. The van der Waals surface area contributed by atoms with Crippen LogP contribution in [-0.2, 0) is 16.4 Å². The zero-order chi connectivity index (χ0) is 19.8. The molecule has 1 atom stereocenters. The highest BCUT2D eigenvalue weighted by Crippen LogP contribution is 2.36. The lowest BCUT2D eigenvalue weighted by molar-refractivity contribution is 0.0981. The molecule has 1 aliphatic heterocycles. The maximum Gasteiger partial charge on any atom is 0.258 e. The van der Waals surface area contributed by atoms with Gasteiger partial charge in [0.2, 0.25) is 10.0 Å². The van der Waals surface area contributed by atoms with Gasteiger partial charge in [0.05, 0.1) is 7.11 Å². The van der Waals surface area contributed by atoms with E-state index < -0.39 is 10.0 Å². The van der Waals surface area contributed by atoms with E-state index in [1.165, 1.54) is 19.2 Å². The van der Waals surface area contributed by atoms with Crippen molar-refractivity contribution >= 4 is 37.5 Å². The van der Waals surface area contributed by atoms with Gasteiger partial charge in [-0.3, -0.25) is 4.79 Å². The van der Waals surface area contributed by atoms with Crippen molar-refractivity contribution in [2.45, 2.75) is 31.2 Å². The molecule has 1 amide bonds. The SMILES string of the molecule is CCNS(=O)(=O)c1cc(C(=O)N2c3ccc(Br)cc3C[C@@H]2C)ccc1OC. The molecule has 1 aliphatic rings. The van der Waals surface area contributed by atoms with Crippen LogP contribution in [0.5, 0.6) is 5.75 Å². The molecule has 0 bridgehead atoms. The number of hydrogen-bond acceptors (Lipinski definition) is 4. The highest BCUT2D eigenvalue weighted by molar-refractivity contribution is 9.10. The van der Waals surface area contributed by atoms with Crippen LogP contribution in [0.15, 0.2) is 45.8 Å². The molecule has 0 saturated heterocycles. The van der Waals surface area contributed by atoms with E-state index in [2.05, 4.69) is 20.7 Å². The molecule has 0 fully saturated rings. The molecule has 0 aliphatic carbocycles. The molecule has 27 heavy (non-hydrogen) atoms. The van der Waals surface area contributed by atoms with E-state index in [9.17, 15) is 13.2 Å². The zero-order valence-corrected chi connectivity index (χ0v) is 17.7. The van der Waals surface area contributed by atoms with Gasteiger partial charge in [-0.15, -0.1) is 0 Å². The number of nitrogens with zero attached hydrogens (tertiary/aromatic N) is 1. The number of hydrogen-bond donors (Lipinski definition) is 1. The first-order chi connectivity index (χ1) is 12.8. The minimum Gasteiger partial charge on any atom is -0.495 e. The van der Waals surface area contributed by atoms with Crippen molar-refractivity contribution in [2.24, 2.45) is 0 Å². The largest absolute Gasteiger partial charge is 0.495 e. The van der Waals surface area contributed by atoms with E-state index in [0.717, 1.165) is 22.1 Å². The molecule has 8 heteroatoms. The Labute approximate surface area is 167 Å². The van der Waals surface area contributed by atoms with Gasteiger partial charge in [0.15, 0.2) is 0 Å². The van der Waals surface area contributed by atoms with Crippen molar-refractivity contribution in [1.82, 2.24) is 4.72 Å². The van der Waals surface area contributed by atoms with Crippen molar-refractivity contribution in [3.05, 3.63) is 52.0 Å². The molecular weight excluding hydrogens is 432 g/mol. The molecule has 6 nitrogen and oxygen atoms in total. The van der Waals surface area contributed by atoms with Crippen molar-refractivity contribution in [3.63, 3.8) is 0 Å². The summed E-state index contributed by atoms with van der Waals surface area (Å²) in [4.78, 5) is 14.9. The summed E-state index contributed by atoms with van der Waals surface area (Å²) in [6.07, 6.45) is 0.749. The smallest absolute Gasteiger partial charge is 0.258 e. The van der Waals surface area contributed by atoms with Crippen molar-refractivity contribution < 1.29 is 17.9 Å². The van der Waals surface area contributed by atoms with Crippen molar-refractivity contribution in [2.75, 3.05) is 18.6 Å². The number of methoxy groups -OCH3 is 1. The summed E-state index contributed by atoms with van der Waals surface area (Å²) < 4.78 is 33.6. The zero-order valence-electron chi connectivity index (χ0n) is 15.3. The van der Waals surface area contributed by atoms with Gasteiger partial charge in [0, 0.05) is 28.3 Å². The first kappa shape index (κ1) is 19.9. The predicted octanol–water partition coefficient (Wildman–Crippen LogP) is 3.35. The number of fused-ring (bicyclic) bond motifs is 1. The minimum absolute atomic E-state index is 0.0160. The number of nitrogens with one attached hydrogen (secondary N) is 1. The molecule has 3 rings (SSSR count). The lowest BCUT2D eigenvalue weighted by Gasteiger charge is -2.23. The lowest BCUT2D eigenvalue weighted by Crippen LogP contribution is -2.36. The Morgan fingerprint density at radius 3 is 2.70 bits per heavy atom. The number of rotatable bonds is 5. The number of halogens is 1. The fraction of sp³-hybridized carbons (Fsp3) is 0.316. The Morgan fingerprint density at radius 2 is 2.04 bits per heavy atom. The molecule has 0 aromatic heterocycles. The quantitative estimate of drug-likeness (QED) is 0.754. The van der Waals surface area contributed by atoms with Crippen LogP contribution in [0.1, 0.15) is 29.8 Å². The second-order valence-corrected chi connectivity index (χ2v) is 9.02. The highest BCUT2D eigenvalue weighted by atomic mass is 79.9. The van der Waals surface area contributed by atoms with Crippen molar-refractivity contribution in [1.29, 1.82) is 0 Å². The molecule has 1 N–H and O–H groups in total. The predicted molar refractivity (Wildman–Crippen MR) is 108 cm³/mol. The van der Waals surface area contributed by atoms with Gasteiger partial charge in [-0.25, -0.2) is 13.1 Å². The van der Waals surface area contributed by atoms with Crippen LogP contribution < -0.4 is 14.4 Å². The van der Waals surface area contributed by atoms with Gasteiger partial charge in [0.1, 0.15) is 10.6 Å². The van der Waals surface area contributed by atoms with Crippen LogP contribution in [0, 0.1) is 0 Å². The standard InChI is InChI=1S/C19H21BrN2O4S/c1-4-21-27(24,25)18-11-13(5-8-17(18)26-3)19(23)22-12(2)9-14-10-15(20)6-7-16(14)22/h5-8,10-12,21H,4,9H2,1-3H3/t12-/m0/s1. The molecule has 2 aromatic rings. The number of sulfonamides is 1. The van der Waals surface area contributed by atoms with Gasteiger partial charge in [0.25, 0.3) is 5.91 Å². The van der Waals surface area contributed by atoms with Crippen LogP contribution in [0.4, 0.5) is 5.69 Å². The molecule has 0 radical (unpaired) electrons. The summed E-state index contributed by atoms with van der Waals surface area (Å²) >= 11 is 3.46. The Hall–Kier alpha value is -1.90. The normalized spacial score (nSPS) is 16.3. The summed E-state index contributed by atoms with van der Waals surface area (Å²) in [5.41, 5.74) is 2.23. The molecule has 2 aromatic carbocycles. The van der Waals surface area contributed by atoms with Crippen molar-refractivity contribution in [3.8, 4) is 5.75 Å². The maximum atomic E-state index is 13.2. The minimum atomic E-state index is -3.76. The first-order valence-electron chi connectivity index (χ1n) is 8.58. The van der Waals surface area contributed by atoms with Crippen LogP contribution in [0.25, 0.3) is 0 Å². The Balaban J connectivity index is 2.04. The topological polar surface area (TPSA) is 75.7 Å². The van der Waals surface area contributed by atoms with Gasteiger partial charge < -0.3 is 9.64 Å². The third-order valence-corrected chi connectivity index (χ3v) is 6.57. The van der Waals surface area contributed by atoms with Crippen LogP contribution >= 0.6 is 15.9 Å². The summed E-state index contributed by atoms with van der Waals surface area (Å²) in [5, 5.41) is 0. The van der Waals surface area contributed by atoms with Gasteiger partial charge in [-0.05, 0) is 55.3 Å². The number of ether oxygens (including phenoxy) is 1. The number of carbonyl (C=O) groups is 1. The lowest BCUT2D eigenvalue weighted by atomic mass is 10.1. The van der Waals surface area contributed by atoms with E-state index in [0.29, 0.717) is 5.56 Å². The molecule has 0 unspecified atom stereocenters. The maximum absolute atomic E-state index is 13.2. The second kappa shape index (κ2) is 7.61. The third kappa shape index (κ3) is 3.74. The van der Waals surface area contributed by atoms with E-state index >= 15 is 0 Å². The monoisotopic (exact) mass is 452 g/mol. The Morgan fingerprint density at radius 1 is 1.30 bits per heavy atom. The molecule has 0 saturated carbocycles. The summed E-state index contributed by atoms with van der Waals surface area (Å²) in [5.74, 6) is -0.0366. The number of anilines is 1. The second-order valence-electron chi connectivity index (χ2n) is 6.37. The van der Waals surface area contributed by atoms with Gasteiger partial charge in [-0.2, -0.15) is 0 Å². The van der Waals surface area contributed by atoms with Crippen LogP contribution in [0.3, 0.4) is 0 Å². The average molecular weight is 453 g/mol. The number of amides is 1. The van der Waals surface area contributed by atoms with E-state index in [-0.39, 0.29) is 29.1 Å². The summed E-state index contributed by atoms with van der Waals surface area (Å²) in [6.45, 7) is 3.92. The van der Waals surface area contributed by atoms with E-state index in [1.54, 1.807) is 17.9 Å². The third-order valence-electron chi connectivity index (χ3n) is 4.51. The fourth-order valence-corrected chi connectivity index (χ4v) is 4.98. The van der Waals surface area contributed by atoms with Gasteiger partial charge >= 0.3 is 0 Å². The molecule has 144 valence electrons. The molecular formula is C19H21BrN2O4S. The fourth-order valence-electron chi connectivity index (χ4n) is 3.34. The number of carbonyl (C=O) groups excluding carboxylic acids is 1. The Bertz CT molecular complexity index is 991.